The first-order valence-electron chi connectivity index (χ1n) is 6.10. The van der Waals surface area contributed by atoms with Gasteiger partial charge < -0.3 is 5.32 Å². The van der Waals surface area contributed by atoms with Crippen LogP contribution >= 0.6 is 0 Å². The van der Waals surface area contributed by atoms with E-state index in [1.807, 2.05) is 24.3 Å². The van der Waals surface area contributed by atoms with Crippen molar-refractivity contribution in [1.29, 1.82) is 0 Å². The highest BCUT2D eigenvalue weighted by Gasteiger charge is 2.26. The van der Waals surface area contributed by atoms with E-state index >= 15 is 0 Å². The zero-order chi connectivity index (χ0) is 12.4. The second kappa shape index (κ2) is 4.61. The summed E-state index contributed by atoms with van der Waals surface area (Å²) in [5.41, 5.74) is 3.35. The molecule has 90 valence electrons. The van der Waals surface area contributed by atoms with Crippen LogP contribution in [0.3, 0.4) is 0 Å². The molecule has 0 radical (unpaired) electrons. The van der Waals surface area contributed by atoms with Crippen LogP contribution in [0.1, 0.15) is 11.1 Å². The van der Waals surface area contributed by atoms with Gasteiger partial charge in [-0.05, 0) is 36.1 Å². The predicted molar refractivity (Wildman–Crippen MR) is 70.2 cm³/mol. The van der Waals surface area contributed by atoms with E-state index < -0.39 is 0 Å². The molecule has 1 aromatic carbocycles. The van der Waals surface area contributed by atoms with Crippen LogP contribution in [-0.2, 0) is 17.6 Å². The van der Waals surface area contributed by atoms with E-state index in [1.165, 1.54) is 11.1 Å². The lowest BCUT2D eigenvalue weighted by Crippen LogP contribution is -2.23. The van der Waals surface area contributed by atoms with Crippen molar-refractivity contribution in [2.75, 3.05) is 5.32 Å². The van der Waals surface area contributed by atoms with E-state index in [-0.39, 0.29) is 11.8 Å². The minimum atomic E-state index is 0.0441. The molecule has 0 aliphatic heterocycles. The minimum absolute atomic E-state index is 0.0441. The Kier molecular flexibility index (Phi) is 2.81. The van der Waals surface area contributed by atoms with E-state index in [9.17, 15) is 4.79 Å². The lowest BCUT2D eigenvalue weighted by atomic mass is 10.1. The van der Waals surface area contributed by atoms with Gasteiger partial charge in [0.1, 0.15) is 0 Å². The lowest BCUT2D eigenvalue weighted by molar-refractivity contribution is -0.119. The highest BCUT2D eigenvalue weighted by molar-refractivity contribution is 5.93. The zero-order valence-corrected chi connectivity index (χ0v) is 9.97. The molecule has 0 spiro atoms. The fourth-order valence-electron chi connectivity index (χ4n) is 2.43. The van der Waals surface area contributed by atoms with Crippen molar-refractivity contribution in [3.05, 3.63) is 59.9 Å². The van der Waals surface area contributed by atoms with Crippen LogP contribution in [0, 0.1) is 5.92 Å². The van der Waals surface area contributed by atoms with Crippen molar-refractivity contribution >= 4 is 11.6 Å². The molecular formula is C15H14N2O. The van der Waals surface area contributed by atoms with Gasteiger partial charge in [-0.25, -0.2) is 0 Å². The van der Waals surface area contributed by atoms with Crippen LogP contribution in [-0.4, -0.2) is 10.9 Å². The van der Waals surface area contributed by atoms with Gasteiger partial charge in [0.2, 0.25) is 5.91 Å². The number of hydrogen-bond acceptors (Lipinski definition) is 2. The van der Waals surface area contributed by atoms with E-state index in [0.29, 0.717) is 0 Å². The summed E-state index contributed by atoms with van der Waals surface area (Å²) >= 11 is 0. The molecule has 1 aromatic heterocycles. The Balaban J connectivity index is 1.70. The molecule has 0 saturated carbocycles. The lowest BCUT2D eigenvalue weighted by Gasteiger charge is -2.09. The number of benzene rings is 1. The predicted octanol–water partition coefficient (Wildman–Crippen LogP) is 2.44. The molecule has 0 fully saturated rings. The summed E-state index contributed by atoms with van der Waals surface area (Å²) in [5, 5.41) is 2.92. The van der Waals surface area contributed by atoms with Crippen molar-refractivity contribution in [3.63, 3.8) is 0 Å². The van der Waals surface area contributed by atoms with Crippen LogP contribution in [0.25, 0.3) is 0 Å². The topological polar surface area (TPSA) is 42.0 Å². The van der Waals surface area contributed by atoms with Crippen LogP contribution in [0.5, 0.6) is 0 Å². The fraction of sp³-hybridized carbons (Fsp3) is 0.200. The zero-order valence-electron chi connectivity index (χ0n) is 9.97. The fourth-order valence-corrected chi connectivity index (χ4v) is 2.43. The molecule has 1 N–H and O–H groups in total. The third-order valence-corrected chi connectivity index (χ3v) is 3.35. The molecule has 3 heteroatoms. The van der Waals surface area contributed by atoms with Crippen molar-refractivity contribution in [1.82, 2.24) is 4.98 Å². The normalized spacial score (nSPS) is 14.2. The number of aromatic nitrogens is 1. The quantitative estimate of drug-likeness (QED) is 0.873. The van der Waals surface area contributed by atoms with Gasteiger partial charge in [-0.1, -0.05) is 24.3 Å². The second-order valence-corrected chi connectivity index (χ2v) is 4.60. The molecule has 1 aliphatic rings. The van der Waals surface area contributed by atoms with E-state index in [1.54, 1.807) is 12.4 Å². The van der Waals surface area contributed by atoms with Gasteiger partial charge in [-0.3, -0.25) is 9.78 Å². The largest absolute Gasteiger partial charge is 0.324 e. The number of pyridine rings is 1. The third kappa shape index (κ3) is 2.12. The summed E-state index contributed by atoms with van der Waals surface area (Å²) in [6.45, 7) is 0. The van der Waals surface area contributed by atoms with Gasteiger partial charge in [-0.15, -0.1) is 0 Å². The number of nitrogens with zero attached hydrogens (tertiary/aromatic N) is 1. The van der Waals surface area contributed by atoms with Crippen LogP contribution in [0.4, 0.5) is 5.69 Å². The Morgan fingerprint density at radius 2 is 1.83 bits per heavy atom. The average Bonchev–Trinajstić information content (AvgIpc) is 2.84. The maximum absolute atomic E-state index is 12.1. The first kappa shape index (κ1) is 11.0. The van der Waals surface area contributed by atoms with E-state index in [4.69, 9.17) is 0 Å². The molecule has 0 saturated heterocycles. The first-order chi connectivity index (χ1) is 8.83. The minimum Gasteiger partial charge on any atom is -0.324 e. The number of carbonyl (C=O) groups is 1. The van der Waals surface area contributed by atoms with Crippen LogP contribution in [0.15, 0.2) is 48.8 Å². The van der Waals surface area contributed by atoms with Gasteiger partial charge in [0.25, 0.3) is 0 Å². The molecule has 0 atom stereocenters. The molecule has 18 heavy (non-hydrogen) atoms. The van der Waals surface area contributed by atoms with Crippen molar-refractivity contribution in [2.45, 2.75) is 12.8 Å². The number of amides is 1. The summed E-state index contributed by atoms with van der Waals surface area (Å²) in [4.78, 5) is 16.1. The summed E-state index contributed by atoms with van der Waals surface area (Å²) < 4.78 is 0. The van der Waals surface area contributed by atoms with Crippen molar-refractivity contribution in [3.8, 4) is 0 Å². The molecule has 1 heterocycles. The molecule has 3 nitrogen and oxygen atoms in total. The molecule has 1 aliphatic carbocycles. The number of carbonyl (C=O) groups excluding carboxylic acids is 1. The first-order valence-corrected chi connectivity index (χ1v) is 6.10. The SMILES string of the molecule is O=C(Nc1cccnc1)C1Cc2ccccc2C1. The Hall–Kier alpha value is -2.16. The highest BCUT2D eigenvalue weighted by Crippen LogP contribution is 2.27. The molecule has 0 bridgehead atoms. The average molecular weight is 238 g/mol. The number of anilines is 1. The Bertz CT molecular complexity index is 541. The molecule has 2 aromatic rings. The maximum Gasteiger partial charge on any atom is 0.228 e. The number of hydrogen-bond donors (Lipinski definition) is 1. The summed E-state index contributed by atoms with van der Waals surface area (Å²) in [7, 11) is 0. The highest BCUT2D eigenvalue weighted by atomic mass is 16.1. The van der Waals surface area contributed by atoms with Crippen molar-refractivity contribution < 1.29 is 4.79 Å². The summed E-state index contributed by atoms with van der Waals surface area (Å²) in [6, 6.07) is 11.9. The number of rotatable bonds is 2. The number of fused-ring (bicyclic) bond motifs is 1. The maximum atomic E-state index is 12.1. The molecule has 1 amide bonds. The molecular weight excluding hydrogens is 224 g/mol. The van der Waals surface area contributed by atoms with E-state index in [0.717, 1.165) is 18.5 Å². The Morgan fingerprint density at radius 3 is 2.44 bits per heavy atom. The Morgan fingerprint density at radius 1 is 1.11 bits per heavy atom. The second-order valence-electron chi connectivity index (χ2n) is 4.60. The van der Waals surface area contributed by atoms with Gasteiger partial charge >= 0.3 is 0 Å². The number of nitrogens with one attached hydrogen (secondary N) is 1. The molecule has 0 unspecified atom stereocenters. The van der Waals surface area contributed by atoms with Crippen molar-refractivity contribution in [2.24, 2.45) is 5.92 Å². The standard InChI is InChI=1S/C15H14N2O/c18-15(17-14-6-3-7-16-10-14)13-8-11-4-1-2-5-12(11)9-13/h1-7,10,13H,8-9H2,(H,17,18). The third-order valence-electron chi connectivity index (χ3n) is 3.35. The van der Waals surface area contributed by atoms with E-state index in [2.05, 4.69) is 22.4 Å². The van der Waals surface area contributed by atoms with Gasteiger partial charge in [0.15, 0.2) is 0 Å². The summed E-state index contributed by atoms with van der Waals surface area (Å²) in [5.74, 6) is 0.127. The van der Waals surface area contributed by atoms with Gasteiger partial charge in [-0.2, -0.15) is 0 Å². The van der Waals surface area contributed by atoms with Gasteiger partial charge in [0.05, 0.1) is 11.9 Å². The van der Waals surface area contributed by atoms with Crippen LogP contribution in [0.2, 0.25) is 0 Å². The monoisotopic (exact) mass is 238 g/mol. The van der Waals surface area contributed by atoms with Crippen LogP contribution < -0.4 is 5.32 Å². The Labute approximate surface area is 106 Å². The summed E-state index contributed by atoms with van der Waals surface area (Å²) in [6.07, 6.45) is 5.03. The smallest absolute Gasteiger partial charge is 0.228 e. The molecule has 3 rings (SSSR count). The van der Waals surface area contributed by atoms with Gasteiger partial charge in [0, 0.05) is 12.1 Å².